The minimum Gasteiger partial charge on any atom is -0.481 e. The summed E-state index contributed by atoms with van der Waals surface area (Å²) < 4.78 is 6.56. The molecular weight excluding hydrogens is 645 g/mol. The Labute approximate surface area is 307 Å². The molecule has 1 N–H and O–H groups in total. The van der Waals surface area contributed by atoms with Crippen molar-refractivity contribution in [2.45, 2.75) is 154 Å². The fourth-order valence-electron chi connectivity index (χ4n) is 7.06. The van der Waals surface area contributed by atoms with Crippen molar-refractivity contribution in [3.05, 3.63) is 70.8 Å². The molecule has 3 rings (SSSR count). The van der Waals surface area contributed by atoms with E-state index in [-0.39, 0.29) is 12.1 Å². The van der Waals surface area contributed by atoms with Gasteiger partial charge in [-0.05, 0) is 124 Å². The summed E-state index contributed by atoms with van der Waals surface area (Å²) in [5.74, 6) is 3.37. The van der Waals surface area contributed by atoms with Crippen molar-refractivity contribution in [2.24, 2.45) is 17.8 Å². The normalized spacial score (nSPS) is 17.8. The zero-order chi connectivity index (χ0) is 36.0. The number of rotatable bonds is 21. The summed E-state index contributed by atoms with van der Waals surface area (Å²) in [4.78, 5) is 26.2. The van der Waals surface area contributed by atoms with Crippen molar-refractivity contribution < 1.29 is 19.4 Å². The zero-order valence-electron chi connectivity index (χ0n) is 31.9. The molecule has 2 aromatic rings. The number of thioether (sulfide) groups is 2. The van der Waals surface area contributed by atoms with Crippen LogP contribution in [0.5, 0.6) is 0 Å². The number of hydrogen-bond donors (Lipinski definition) is 1. The number of esters is 1. The number of carbonyl (C=O) groups excluding carboxylic acids is 1. The van der Waals surface area contributed by atoms with E-state index in [1.54, 1.807) is 0 Å². The van der Waals surface area contributed by atoms with Crippen molar-refractivity contribution in [3.63, 3.8) is 0 Å². The van der Waals surface area contributed by atoms with Gasteiger partial charge in [-0.2, -0.15) is 0 Å². The molecule has 1 heterocycles. The summed E-state index contributed by atoms with van der Waals surface area (Å²) in [6.45, 7) is 16.9. The lowest BCUT2D eigenvalue weighted by atomic mass is 9.77. The van der Waals surface area contributed by atoms with Crippen molar-refractivity contribution in [2.75, 3.05) is 11.5 Å². The number of carboxylic acids is 1. The maximum Gasteiger partial charge on any atom is 0.316 e. The highest BCUT2D eigenvalue weighted by molar-refractivity contribution is 8.17. The molecule has 0 spiro atoms. The summed E-state index contributed by atoms with van der Waals surface area (Å²) in [7, 11) is 0. The largest absolute Gasteiger partial charge is 0.481 e. The SMILES string of the molecule is CCC(C)OC(=O)C(C)(CCCCC(CCCCC(C)(C(=O)O)c1ccc(CC(C)C)cc1)C1SCCCS1)c1ccc(CC(C)C)cc1. The number of unbranched alkanes of at least 4 members (excludes halogenated alkanes) is 2. The van der Waals surface area contributed by atoms with Gasteiger partial charge in [-0.1, -0.05) is 109 Å². The Balaban J connectivity index is 1.64. The summed E-state index contributed by atoms with van der Waals surface area (Å²) in [6.07, 6.45) is 11.7. The molecule has 2 aromatic carbocycles. The average molecular weight is 711 g/mol. The Kier molecular flexibility index (Phi) is 17.1. The van der Waals surface area contributed by atoms with E-state index >= 15 is 0 Å². The first-order valence-electron chi connectivity index (χ1n) is 19.1. The van der Waals surface area contributed by atoms with Crippen LogP contribution >= 0.6 is 23.5 Å². The molecular formula is C43H66O4S2. The fraction of sp³-hybridized carbons (Fsp3) is 0.674. The number of carbonyl (C=O) groups is 2. The van der Waals surface area contributed by atoms with E-state index < -0.39 is 16.8 Å². The molecule has 0 saturated carbocycles. The molecule has 4 unspecified atom stereocenters. The van der Waals surface area contributed by atoms with Gasteiger partial charge in [0, 0.05) is 0 Å². The molecule has 1 saturated heterocycles. The van der Waals surface area contributed by atoms with Crippen LogP contribution in [-0.4, -0.2) is 39.2 Å². The van der Waals surface area contributed by atoms with E-state index in [2.05, 4.69) is 101 Å². The van der Waals surface area contributed by atoms with Crippen molar-refractivity contribution in [1.29, 1.82) is 0 Å². The molecule has 0 aromatic heterocycles. The first-order chi connectivity index (χ1) is 23.3. The molecule has 0 bridgehead atoms. The monoisotopic (exact) mass is 710 g/mol. The molecule has 1 aliphatic heterocycles. The van der Waals surface area contributed by atoms with E-state index in [0.29, 0.717) is 28.8 Å². The Hall–Kier alpha value is -1.92. The number of benzene rings is 2. The van der Waals surface area contributed by atoms with E-state index in [0.717, 1.165) is 75.3 Å². The predicted octanol–water partition coefficient (Wildman–Crippen LogP) is 11.7. The maximum atomic E-state index is 13.7. The standard InChI is InChI=1S/C43H66O4S2/c1-9-33(6)47-41(46)43(8,38-23-19-35(20-24-38)30-32(4)5)26-13-11-16-36(39-48-27-14-28-49-39)15-10-12-25-42(7,40(44)45)37-21-17-34(18-22-37)29-31(2)3/h17-24,31-33,36,39H,9-16,25-30H2,1-8H3,(H,44,45). The van der Waals surface area contributed by atoms with Gasteiger partial charge in [-0.15, -0.1) is 23.5 Å². The molecule has 0 amide bonds. The predicted molar refractivity (Wildman–Crippen MR) is 212 cm³/mol. The lowest BCUT2D eigenvalue weighted by Gasteiger charge is -2.32. The van der Waals surface area contributed by atoms with Crippen LogP contribution in [0.4, 0.5) is 0 Å². The molecule has 1 fully saturated rings. The summed E-state index contributed by atoms with van der Waals surface area (Å²) in [6, 6.07) is 17.0. The second-order valence-electron chi connectivity index (χ2n) is 15.9. The van der Waals surface area contributed by atoms with Crippen LogP contribution in [0.25, 0.3) is 0 Å². The van der Waals surface area contributed by atoms with Crippen LogP contribution in [0.15, 0.2) is 48.5 Å². The van der Waals surface area contributed by atoms with Gasteiger partial charge in [-0.3, -0.25) is 9.59 Å². The van der Waals surface area contributed by atoms with Gasteiger partial charge >= 0.3 is 11.9 Å². The van der Waals surface area contributed by atoms with E-state index in [9.17, 15) is 14.7 Å². The maximum absolute atomic E-state index is 13.7. The van der Waals surface area contributed by atoms with Gasteiger partial charge in [0.15, 0.2) is 0 Å². The highest BCUT2D eigenvalue weighted by Gasteiger charge is 2.38. The zero-order valence-corrected chi connectivity index (χ0v) is 33.5. The van der Waals surface area contributed by atoms with Crippen LogP contribution in [0.2, 0.25) is 0 Å². The lowest BCUT2D eigenvalue weighted by Crippen LogP contribution is -2.36. The Bertz CT molecular complexity index is 1270. The van der Waals surface area contributed by atoms with Gasteiger partial charge in [0.25, 0.3) is 0 Å². The first-order valence-corrected chi connectivity index (χ1v) is 21.2. The Morgan fingerprint density at radius 3 is 1.63 bits per heavy atom. The summed E-state index contributed by atoms with van der Waals surface area (Å²) in [5, 5.41) is 10.3. The number of hydrogen-bond acceptors (Lipinski definition) is 5. The minimum atomic E-state index is -0.873. The summed E-state index contributed by atoms with van der Waals surface area (Å²) >= 11 is 4.23. The highest BCUT2D eigenvalue weighted by Crippen LogP contribution is 2.41. The van der Waals surface area contributed by atoms with Gasteiger partial charge in [0.1, 0.15) is 0 Å². The van der Waals surface area contributed by atoms with Crippen LogP contribution < -0.4 is 0 Å². The molecule has 6 heteroatoms. The summed E-state index contributed by atoms with van der Waals surface area (Å²) in [5.41, 5.74) is 3.00. The quantitative estimate of drug-likeness (QED) is 0.103. The Morgan fingerprint density at radius 1 is 0.755 bits per heavy atom. The first kappa shape index (κ1) is 41.5. The minimum absolute atomic E-state index is 0.0935. The van der Waals surface area contributed by atoms with Crippen molar-refractivity contribution in [3.8, 4) is 0 Å². The van der Waals surface area contributed by atoms with Crippen molar-refractivity contribution in [1.82, 2.24) is 0 Å². The average Bonchev–Trinajstić information content (AvgIpc) is 3.07. The smallest absolute Gasteiger partial charge is 0.316 e. The molecule has 4 atom stereocenters. The third-order valence-electron chi connectivity index (χ3n) is 10.5. The van der Waals surface area contributed by atoms with Crippen LogP contribution in [0.1, 0.15) is 142 Å². The third-order valence-corrected chi connectivity index (χ3v) is 13.8. The topological polar surface area (TPSA) is 63.6 Å². The van der Waals surface area contributed by atoms with Gasteiger partial charge in [-0.25, -0.2) is 0 Å². The highest BCUT2D eigenvalue weighted by atomic mass is 32.2. The van der Waals surface area contributed by atoms with Crippen LogP contribution in [-0.2, 0) is 38.0 Å². The molecule has 0 radical (unpaired) electrons. The van der Waals surface area contributed by atoms with Gasteiger partial charge in [0.05, 0.1) is 21.5 Å². The molecule has 274 valence electrons. The fourth-order valence-corrected chi connectivity index (χ4v) is 10.4. The van der Waals surface area contributed by atoms with Crippen LogP contribution in [0, 0.1) is 17.8 Å². The molecule has 1 aliphatic rings. The van der Waals surface area contributed by atoms with Crippen LogP contribution in [0.3, 0.4) is 0 Å². The lowest BCUT2D eigenvalue weighted by molar-refractivity contribution is -0.155. The molecule has 0 aliphatic carbocycles. The van der Waals surface area contributed by atoms with Crippen molar-refractivity contribution >= 4 is 35.5 Å². The second kappa shape index (κ2) is 20.2. The number of ether oxygens (including phenoxy) is 1. The number of aliphatic carboxylic acids is 1. The van der Waals surface area contributed by atoms with Gasteiger partial charge in [0.2, 0.25) is 0 Å². The van der Waals surface area contributed by atoms with E-state index in [1.165, 1.54) is 29.1 Å². The number of carboxylic acid groups (broad SMARTS) is 1. The third kappa shape index (κ3) is 12.7. The van der Waals surface area contributed by atoms with Gasteiger partial charge < -0.3 is 9.84 Å². The molecule has 4 nitrogen and oxygen atoms in total. The Morgan fingerprint density at radius 2 is 1.20 bits per heavy atom. The van der Waals surface area contributed by atoms with E-state index in [4.69, 9.17) is 4.74 Å². The molecule has 49 heavy (non-hydrogen) atoms. The second-order valence-corrected chi connectivity index (χ2v) is 18.7. The van der Waals surface area contributed by atoms with E-state index in [1.807, 2.05) is 26.0 Å².